The first-order chi connectivity index (χ1) is 9.22. The Morgan fingerprint density at radius 3 is 2.42 bits per heavy atom. The molecule has 0 unspecified atom stereocenters. The van der Waals surface area contributed by atoms with Crippen molar-refractivity contribution in [3.63, 3.8) is 0 Å². The fraction of sp³-hybridized carbons (Fsp3) is 0.750. The summed E-state index contributed by atoms with van der Waals surface area (Å²) in [5.41, 5.74) is 1.35. The minimum Gasteiger partial charge on any atom is -0.347 e. The summed E-state index contributed by atoms with van der Waals surface area (Å²) in [4.78, 5) is 8.25. The van der Waals surface area contributed by atoms with Gasteiger partial charge in [0.15, 0.2) is 0 Å². The van der Waals surface area contributed by atoms with Crippen LogP contribution in [0.3, 0.4) is 0 Å². The summed E-state index contributed by atoms with van der Waals surface area (Å²) in [6, 6.07) is 2.10. The molecule has 1 heterocycles. The van der Waals surface area contributed by atoms with E-state index in [1.807, 2.05) is 0 Å². The SMILES string of the molecule is CC1CCC(c2nc(=S)cc(C3CCCC3)[nH]2)CC1. The highest BCUT2D eigenvalue weighted by molar-refractivity contribution is 7.71. The number of nitrogens with zero attached hydrogens (tertiary/aromatic N) is 1. The summed E-state index contributed by atoms with van der Waals surface area (Å²) < 4.78 is 0.786. The van der Waals surface area contributed by atoms with E-state index in [0.717, 1.165) is 10.6 Å². The fourth-order valence-corrected chi connectivity index (χ4v) is 3.90. The number of hydrogen-bond acceptors (Lipinski definition) is 2. The number of nitrogens with one attached hydrogen (secondary N) is 1. The molecule has 104 valence electrons. The molecule has 2 saturated carbocycles. The van der Waals surface area contributed by atoms with Crippen molar-refractivity contribution in [3.8, 4) is 0 Å². The van der Waals surface area contributed by atoms with Crippen molar-refractivity contribution >= 4 is 12.2 Å². The molecule has 1 aromatic rings. The molecule has 1 aromatic heterocycles. The highest BCUT2D eigenvalue weighted by Gasteiger charge is 2.23. The zero-order chi connectivity index (χ0) is 13.2. The van der Waals surface area contributed by atoms with Gasteiger partial charge in [0.25, 0.3) is 0 Å². The monoisotopic (exact) mass is 276 g/mol. The van der Waals surface area contributed by atoms with E-state index >= 15 is 0 Å². The van der Waals surface area contributed by atoms with Crippen LogP contribution >= 0.6 is 12.2 Å². The molecule has 0 saturated heterocycles. The molecule has 2 nitrogen and oxygen atoms in total. The van der Waals surface area contributed by atoms with E-state index in [0.29, 0.717) is 11.8 Å². The van der Waals surface area contributed by atoms with Crippen LogP contribution in [0.4, 0.5) is 0 Å². The maximum Gasteiger partial charge on any atom is 0.130 e. The van der Waals surface area contributed by atoms with E-state index < -0.39 is 0 Å². The third kappa shape index (κ3) is 3.07. The zero-order valence-electron chi connectivity index (χ0n) is 11.8. The Bertz CT molecular complexity index is 480. The summed E-state index contributed by atoms with van der Waals surface area (Å²) in [6.45, 7) is 2.36. The van der Waals surface area contributed by atoms with Crippen molar-refractivity contribution in [2.24, 2.45) is 5.92 Å². The van der Waals surface area contributed by atoms with Gasteiger partial charge in [-0.15, -0.1) is 0 Å². The molecular formula is C16H24N2S. The average molecular weight is 276 g/mol. The third-order valence-electron chi connectivity index (χ3n) is 4.98. The van der Waals surface area contributed by atoms with Crippen LogP contribution in [0.1, 0.15) is 81.6 Å². The van der Waals surface area contributed by atoms with Gasteiger partial charge in [-0.25, -0.2) is 4.98 Å². The number of rotatable bonds is 2. The molecule has 0 aliphatic heterocycles. The highest BCUT2D eigenvalue weighted by atomic mass is 32.1. The second-order valence-electron chi connectivity index (χ2n) is 6.50. The Hall–Kier alpha value is -0.700. The van der Waals surface area contributed by atoms with Gasteiger partial charge in [0.1, 0.15) is 10.5 Å². The number of aromatic amines is 1. The van der Waals surface area contributed by atoms with Gasteiger partial charge < -0.3 is 4.98 Å². The van der Waals surface area contributed by atoms with Gasteiger partial charge in [0.2, 0.25) is 0 Å². The Morgan fingerprint density at radius 1 is 1.05 bits per heavy atom. The lowest BCUT2D eigenvalue weighted by Gasteiger charge is -2.26. The smallest absolute Gasteiger partial charge is 0.130 e. The van der Waals surface area contributed by atoms with Crippen molar-refractivity contribution in [1.82, 2.24) is 9.97 Å². The maximum absolute atomic E-state index is 5.38. The molecule has 0 radical (unpaired) electrons. The van der Waals surface area contributed by atoms with E-state index in [1.54, 1.807) is 0 Å². The van der Waals surface area contributed by atoms with Crippen LogP contribution in [-0.4, -0.2) is 9.97 Å². The third-order valence-corrected chi connectivity index (χ3v) is 5.19. The minimum atomic E-state index is 0.610. The lowest BCUT2D eigenvalue weighted by Crippen LogP contribution is -2.14. The van der Waals surface area contributed by atoms with Gasteiger partial charge in [0, 0.05) is 11.6 Å². The summed E-state index contributed by atoms with van der Waals surface area (Å²) >= 11 is 5.38. The molecule has 0 bridgehead atoms. The van der Waals surface area contributed by atoms with Gasteiger partial charge in [0.05, 0.1) is 0 Å². The van der Waals surface area contributed by atoms with Crippen LogP contribution in [0, 0.1) is 10.6 Å². The standard InChI is InChI=1S/C16H24N2S/c1-11-6-8-13(9-7-11)16-17-14(10-15(19)18-16)12-4-2-3-5-12/h10-13H,2-9H2,1H3,(H,17,18,19). The minimum absolute atomic E-state index is 0.610. The summed E-state index contributed by atoms with van der Waals surface area (Å²) in [6.07, 6.45) is 10.6. The topological polar surface area (TPSA) is 28.7 Å². The predicted octanol–water partition coefficient (Wildman–Crippen LogP) is 5.09. The van der Waals surface area contributed by atoms with E-state index in [-0.39, 0.29) is 0 Å². The summed E-state index contributed by atoms with van der Waals surface area (Å²) in [5, 5.41) is 0. The van der Waals surface area contributed by atoms with E-state index in [4.69, 9.17) is 12.2 Å². The zero-order valence-corrected chi connectivity index (χ0v) is 12.6. The number of hydrogen-bond donors (Lipinski definition) is 1. The Kier molecular flexibility index (Phi) is 4.01. The molecule has 3 heteroatoms. The molecular weight excluding hydrogens is 252 g/mol. The van der Waals surface area contributed by atoms with Crippen molar-refractivity contribution in [3.05, 3.63) is 22.2 Å². The number of H-pyrrole nitrogens is 1. The highest BCUT2D eigenvalue weighted by Crippen LogP contribution is 2.36. The van der Waals surface area contributed by atoms with E-state index in [1.165, 1.54) is 62.9 Å². The summed E-state index contributed by atoms with van der Waals surface area (Å²) in [5.74, 6) is 3.36. The van der Waals surface area contributed by atoms with Crippen LogP contribution in [-0.2, 0) is 0 Å². The van der Waals surface area contributed by atoms with Crippen LogP contribution < -0.4 is 0 Å². The molecule has 0 spiro atoms. The summed E-state index contributed by atoms with van der Waals surface area (Å²) in [7, 11) is 0. The van der Waals surface area contributed by atoms with Gasteiger partial charge in [-0.1, -0.05) is 44.8 Å². The second-order valence-corrected chi connectivity index (χ2v) is 6.92. The van der Waals surface area contributed by atoms with Gasteiger partial charge in [-0.2, -0.15) is 0 Å². The lowest BCUT2D eigenvalue weighted by molar-refractivity contribution is 0.339. The molecule has 2 aliphatic rings. The quantitative estimate of drug-likeness (QED) is 0.762. The van der Waals surface area contributed by atoms with Crippen LogP contribution in [0.2, 0.25) is 0 Å². The van der Waals surface area contributed by atoms with Crippen molar-refractivity contribution < 1.29 is 0 Å². The van der Waals surface area contributed by atoms with E-state index in [9.17, 15) is 0 Å². The first kappa shape index (κ1) is 13.3. The molecule has 0 atom stereocenters. The predicted molar refractivity (Wildman–Crippen MR) is 81.0 cm³/mol. The Labute approximate surface area is 121 Å². The molecule has 0 aromatic carbocycles. The molecule has 0 amide bonds. The van der Waals surface area contributed by atoms with Crippen LogP contribution in [0.5, 0.6) is 0 Å². The molecule has 19 heavy (non-hydrogen) atoms. The van der Waals surface area contributed by atoms with Crippen LogP contribution in [0.15, 0.2) is 6.07 Å². The Balaban J connectivity index is 1.83. The Morgan fingerprint density at radius 2 is 1.74 bits per heavy atom. The van der Waals surface area contributed by atoms with Crippen molar-refractivity contribution in [1.29, 1.82) is 0 Å². The van der Waals surface area contributed by atoms with Crippen LogP contribution in [0.25, 0.3) is 0 Å². The maximum atomic E-state index is 5.38. The molecule has 3 rings (SSSR count). The van der Waals surface area contributed by atoms with Crippen molar-refractivity contribution in [2.45, 2.75) is 70.1 Å². The van der Waals surface area contributed by atoms with Gasteiger partial charge in [-0.3, -0.25) is 0 Å². The normalized spacial score (nSPS) is 28.7. The second kappa shape index (κ2) is 5.74. The largest absolute Gasteiger partial charge is 0.347 e. The van der Waals surface area contributed by atoms with Crippen molar-refractivity contribution in [2.75, 3.05) is 0 Å². The molecule has 2 fully saturated rings. The lowest BCUT2D eigenvalue weighted by atomic mass is 9.82. The molecule has 2 aliphatic carbocycles. The van der Waals surface area contributed by atoms with Gasteiger partial charge >= 0.3 is 0 Å². The first-order valence-corrected chi connectivity index (χ1v) is 8.24. The first-order valence-electron chi connectivity index (χ1n) is 7.83. The number of aromatic nitrogens is 2. The van der Waals surface area contributed by atoms with E-state index in [2.05, 4.69) is 23.0 Å². The van der Waals surface area contributed by atoms with Gasteiger partial charge in [-0.05, 0) is 43.6 Å². The molecule has 1 N–H and O–H groups in total. The fourth-order valence-electron chi connectivity index (χ4n) is 3.68. The average Bonchev–Trinajstić information content (AvgIpc) is 2.93.